The largest absolute Gasteiger partial charge is 0.411 e. The third kappa shape index (κ3) is 9.52. The van der Waals surface area contributed by atoms with E-state index in [9.17, 15) is 27.9 Å². The molecular weight excluding hydrogens is 660 g/mol. The first-order valence-electron chi connectivity index (χ1n) is 16.7. The molecule has 4 atom stereocenters. The van der Waals surface area contributed by atoms with Gasteiger partial charge < -0.3 is 20.5 Å². The van der Waals surface area contributed by atoms with E-state index in [1.165, 1.54) is 39.7 Å². The fourth-order valence-electron chi connectivity index (χ4n) is 5.91. The minimum Gasteiger partial charge on any atom is -0.411 e. The number of benzene rings is 2. The van der Waals surface area contributed by atoms with E-state index in [2.05, 4.69) is 15.5 Å². The van der Waals surface area contributed by atoms with Crippen LogP contribution in [0.5, 0.6) is 0 Å². The standard InChI is InChI=1S/C36H46N6O7S/c1-5-26(4)34(42-24-33(44)41(36(42)46)22-29-12-9-17-37-19-29)35(45)39-31(18-27-10-7-6-8-11-27)32(43)23-40(21-25(2)3)50(48,49)30-15-13-28(14-16-30)20-38-47/h6-17,19-20,25-26,31-32,34,43,47H,5,18,21-24H2,1-4H3,(H,39,45)/b38-20+/t26-,31-,32+,34-/m0/s1. The summed E-state index contributed by atoms with van der Waals surface area (Å²) in [6, 6.07) is 15.9. The number of amides is 4. The van der Waals surface area contributed by atoms with Gasteiger partial charge in [0, 0.05) is 25.5 Å². The number of imide groups is 1. The second kappa shape index (κ2) is 17.3. The molecule has 0 radical (unpaired) electrons. The van der Waals surface area contributed by atoms with E-state index in [0.29, 0.717) is 17.5 Å². The third-order valence-corrected chi connectivity index (χ3v) is 10.6. The summed E-state index contributed by atoms with van der Waals surface area (Å²) in [7, 11) is -4.10. The van der Waals surface area contributed by atoms with Crippen LogP contribution in [0.3, 0.4) is 0 Å². The van der Waals surface area contributed by atoms with Gasteiger partial charge in [-0.05, 0) is 53.1 Å². The maximum absolute atomic E-state index is 14.2. The number of oxime groups is 1. The topological polar surface area (TPSA) is 173 Å². The van der Waals surface area contributed by atoms with Gasteiger partial charge >= 0.3 is 6.03 Å². The van der Waals surface area contributed by atoms with Crippen LogP contribution in [0.25, 0.3) is 0 Å². The highest BCUT2D eigenvalue weighted by Gasteiger charge is 2.45. The normalized spacial score (nSPS) is 16.3. The molecule has 1 aromatic heterocycles. The summed E-state index contributed by atoms with van der Waals surface area (Å²) in [6.07, 6.45) is 3.68. The number of nitrogens with one attached hydrogen (secondary N) is 1. The predicted molar refractivity (Wildman–Crippen MR) is 188 cm³/mol. The summed E-state index contributed by atoms with van der Waals surface area (Å²) < 4.78 is 28.9. The molecule has 3 aromatic rings. The molecule has 14 heteroatoms. The Balaban J connectivity index is 1.61. The average molecular weight is 707 g/mol. The number of aliphatic hydroxyl groups is 1. The smallest absolute Gasteiger partial charge is 0.328 e. The minimum atomic E-state index is -4.10. The number of hydrogen-bond donors (Lipinski definition) is 3. The number of sulfonamides is 1. The van der Waals surface area contributed by atoms with Crippen molar-refractivity contribution in [1.82, 2.24) is 24.4 Å². The molecule has 2 heterocycles. The van der Waals surface area contributed by atoms with E-state index in [4.69, 9.17) is 5.21 Å². The van der Waals surface area contributed by atoms with Gasteiger partial charge in [0.25, 0.3) is 5.91 Å². The summed E-state index contributed by atoms with van der Waals surface area (Å²) in [5.74, 6) is -1.44. The number of aromatic nitrogens is 1. The highest BCUT2D eigenvalue weighted by Crippen LogP contribution is 2.24. The van der Waals surface area contributed by atoms with Gasteiger partial charge in [0.05, 0.1) is 29.8 Å². The molecule has 13 nitrogen and oxygen atoms in total. The zero-order chi connectivity index (χ0) is 36.4. The summed E-state index contributed by atoms with van der Waals surface area (Å²) in [5, 5.41) is 26.5. The van der Waals surface area contributed by atoms with Crippen molar-refractivity contribution in [2.75, 3.05) is 19.6 Å². The SMILES string of the molecule is CC[C@H](C)[C@@H](C(=O)N[C@@H](Cc1ccccc1)[C@H](O)CN(CC(C)C)S(=O)(=O)c1ccc(/C=N/O)cc1)N1CC(=O)N(Cc2cccnc2)C1=O. The zero-order valence-electron chi connectivity index (χ0n) is 28.8. The quantitative estimate of drug-likeness (QED) is 0.0828. The molecule has 4 rings (SSSR count). The lowest BCUT2D eigenvalue weighted by Gasteiger charge is -2.34. The number of rotatable bonds is 17. The van der Waals surface area contributed by atoms with E-state index in [1.807, 2.05) is 58.0 Å². The first-order valence-corrected chi connectivity index (χ1v) is 18.1. The number of hydrogen-bond acceptors (Lipinski definition) is 9. The molecule has 268 valence electrons. The lowest BCUT2D eigenvalue weighted by atomic mass is 9.95. The molecule has 1 aliphatic rings. The van der Waals surface area contributed by atoms with Crippen LogP contribution in [0.2, 0.25) is 0 Å². The van der Waals surface area contributed by atoms with Gasteiger partial charge in [0.2, 0.25) is 15.9 Å². The van der Waals surface area contributed by atoms with Crippen molar-refractivity contribution < 1.29 is 33.1 Å². The molecule has 0 unspecified atom stereocenters. The Hall–Kier alpha value is -4.66. The van der Waals surface area contributed by atoms with Gasteiger partial charge in [0.15, 0.2) is 0 Å². The molecule has 3 N–H and O–H groups in total. The van der Waals surface area contributed by atoms with Crippen molar-refractivity contribution in [3.8, 4) is 0 Å². The van der Waals surface area contributed by atoms with E-state index >= 15 is 0 Å². The van der Waals surface area contributed by atoms with Crippen molar-refractivity contribution in [2.24, 2.45) is 17.0 Å². The number of nitrogens with zero attached hydrogens (tertiary/aromatic N) is 5. The van der Waals surface area contributed by atoms with Crippen LogP contribution in [0, 0.1) is 11.8 Å². The fraction of sp³-hybridized carbons (Fsp3) is 0.417. The second-order valence-corrected chi connectivity index (χ2v) is 14.9. The van der Waals surface area contributed by atoms with Gasteiger partial charge in [0.1, 0.15) is 12.6 Å². The Morgan fingerprint density at radius 3 is 2.30 bits per heavy atom. The van der Waals surface area contributed by atoms with Crippen LogP contribution >= 0.6 is 0 Å². The van der Waals surface area contributed by atoms with Crippen molar-refractivity contribution >= 4 is 34.1 Å². The maximum Gasteiger partial charge on any atom is 0.328 e. The Labute approximate surface area is 293 Å². The number of carbonyl (C=O) groups excluding carboxylic acids is 3. The Kier molecular flexibility index (Phi) is 13.2. The third-order valence-electron chi connectivity index (χ3n) is 8.71. The van der Waals surface area contributed by atoms with Crippen LogP contribution < -0.4 is 5.32 Å². The van der Waals surface area contributed by atoms with Crippen LogP contribution in [0.15, 0.2) is 89.2 Å². The maximum atomic E-state index is 14.2. The molecule has 0 aliphatic carbocycles. The zero-order valence-corrected chi connectivity index (χ0v) is 29.6. The molecule has 4 amide bonds. The molecule has 1 saturated heterocycles. The van der Waals surface area contributed by atoms with E-state index in [-0.39, 0.29) is 49.3 Å². The lowest BCUT2D eigenvalue weighted by Crippen LogP contribution is -2.57. The van der Waals surface area contributed by atoms with E-state index in [1.54, 1.807) is 24.5 Å². The average Bonchev–Trinajstić information content (AvgIpc) is 3.36. The lowest BCUT2D eigenvalue weighted by molar-refractivity contribution is -0.129. The second-order valence-electron chi connectivity index (χ2n) is 13.0. The summed E-state index contributed by atoms with van der Waals surface area (Å²) >= 11 is 0. The Bertz CT molecular complexity index is 1720. The van der Waals surface area contributed by atoms with Gasteiger partial charge in [-0.2, -0.15) is 4.31 Å². The van der Waals surface area contributed by atoms with Crippen LogP contribution in [0.4, 0.5) is 4.79 Å². The first-order chi connectivity index (χ1) is 23.8. The van der Waals surface area contributed by atoms with Gasteiger partial charge in [-0.3, -0.25) is 19.5 Å². The molecule has 0 saturated carbocycles. The monoisotopic (exact) mass is 706 g/mol. The molecule has 1 aliphatic heterocycles. The Morgan fingerprint density at radius 2 is 1.70 bits per heavy atom. The molecule has 0 spiro atoms. The molecular formula is C36H46N6O7S. The highest BCUT2D eigenvalue weighted by atomic mass is 32.2. The molecule has 2 aromatic carbocycles. The first kappa shape index (κ1) is 38.1. The minimum absolute atomic E-state index is 0.00558. The highest BCUT2D eigenvalue weighted by molar-refractivity contribution is 7.89. The van der Waals surface area contributed by atoms with Crippen molar-refractivity contribution in [1.29, 1.82) is 0 Å². The number of carbonyl (C=O) groups is 3. The van der Waals surface area contributed by atoms with Crippen molar-refractivity contribution in [2.45, 2.75) is 70.2 Å². The van der Waals surface area contributed by atoms with Gasteiger partial charge in [-0.15, -0.1) is 0 Å². The molecule has 0 bridgehead atoms. The number of aliphatic hydroxyl groups excluding tert-OH is 1. The summed E-state index contributed by atoms with van der Waals surface area (Å²) in [5.41, 5.74) is 1.97. The van der Waals surface area contributed by atoms with Gasteiger partial charge in [-0.1, -0.05) is 87.8 Å². The van der Waals surface area contributed by atoms with Crippen molar-refractivity contribution in [3.05, 3.63) is 95.8 Å². The van der Waals surface area contributed by atoms with Crippen LogP contribution in [0.1, 0.15) is 50.8 Å². The number of urea groups is 1. The number of pyridine rings is 1. The predicted octanol–water partition coefficient (Wildman–Crippen LogP) is 3.50. The Morgan fingerprint density at radius 1 is 1.02 bits per heavy atom. The van der Waals surface area contributed by atoms with Gasteiger partial charge in [-0.25, -0.2) is 13.2 Å². The summed E-state index contributed by atoms with van der Waals surface area (Å²) in [4.78, 5) is 47.3. The van der Waals surface area contributed by atoms with Crippen LogP contribution in [-0.2, 0) is 32.6 Å². The molecule has 50 heavy (non-hydrogen) atoms. The van der Waals surface area contributed by atoms with Crippen LogP contribution in [-0.4, -0.2) is 99.7 Å². The van der Waals surface area contributed by atoms with Crippen molar-refractivity contribution in [3.63, 3.8) is 0 Å². The van der Waals surface area contributed by atoms with E-state index in [0.717, 1.165) is 10.5 Å². The van der Waals surface area contributed by atoms with E-state index < -0.39 is 46.1 Å². The molecule has 1 fully saturated rings. The fourth-order valence-corrected chi connectivity index (χ4v) is 7.53. The summed E-state index contributed by atoms with van der Waals surface area (Å²) in [6.45, 7) is 6.94.